The first kappa shape index (κ1) is 17.4. The quantitative estimate of drug-likeness (QED) is 0.878. The van der Waals surface area contributed by atoms with Crippen LogP contribution >= 0.6 is 0 Å². The molecule has 140 valence electrons. The minimum absolute atomic E-state index is 0.0942. The minimum atomic E-state index is -0.226. The molecule has 7 heteroatoms. The van der Waals surface area contributed by atoms with Crippen LogP contribution in [0.15, 0.2) is 36.4 Å². The molecule has 2 aliphatic heterocycles. The topological polar surface area (TPSA) is 77.1 Å². The summed E-state index contributed by atoms with van der Waals surface area (Å²) in [6.07, 6.45) is 1.11. The third-order valence-electron chi connectivity index (χ3n) is 4.69. The van der Waals surface area contributed by atoms with Crippen LogP contribution in [0.5, 0.6) is 11.5 Å². The van der Waals surface area contributed by atoms with Crippen molar-refractivity contribution in [1.29, 1.82) is 0 Å². The van der Waals surface area contributed by atoms with Crippen LogP contribution in [0.1, 0.15) is 22.3 Å². The minimum Gasteiger partial charge on any atom is -0.454 e. The van der Waals surface area contributed by atoms with Crippen molar-refractivity contribution in [1.82, 2.24) is 0 Å². The molecule has 2 aromatic rings. The number of amides is 2. The molecule has 0 aliphatic carbocycles. The van der Waals surface area contributed by atoms with E-state index in [0.717, 1.165) is 11.3 Å². The van der Waals surface area contributed by atoms with Gasteiger partial charge in [0.2, 0.25) is 12.7 Å². The van der Waals surface area contributed by atoms with E-state index in [9.17, 15) is 9.59 Å². The molecular weight excluding hydrogens is 348 g/mol. The van der Waals surface area contributed by atoms with Gasteiger partial charge in [0.05, 0.1) is 6.61 Å². The second-order valence-electron chi connectivity index (χ2n) is 6.40. The zero-order valence-electron chi connectivity index (χ0n) is 15.0. The summed E-state index contributed by atoms with van der Waals surface area (Å²) in [6, 6.07) is 10.7. The van der Waals surface area contributed by atoms with Gasteiger partial charge in [0, 0.05) is 37.0 Å². The summed E-state index contributed by atoms with van der Waals surface area (Å²) in [5, 5.41) is 2.91. The summed E-state index contributed by atoms with van der Waals surface area (Å²) in [7, 11) is 1.62. The first-order valence-corrected chi connectivity index (χ1v) is 8.79. The molecule has 0 saturated heterocycles. The van der Waals surface area contributed by atoms with Crippen molar-refractivity contribution >= 4 is 23.2 Å². The molecule has 0 fully saturated rings. The Morgan fingerprint density at radius 2 is 2.00 bits per heavy atom. The Kier molecular flexibility index (Phi) is 4.68. The maximum absolute atomic E-state index is 12.6. The van der Waals surface area contributed by atoms with Crippen LogP contribution in [0.4, 0.5) is 11.4 Å². The van der Waals surface area contributed by atoms with Gasteiger partial charge in [-0.2, -0.15) is 0 Å². The van der Waals surface area contributed by atoms with E-state index in [2.05, 4.69) is 5.32 Å². The van der Waals surface area contributed by atoms with Crippen LogP contribution in [-0.2, 0) is 16.0 Å². The van der Waals surface area contributed by atoms with Gasteiger partial charge in [-0.15, -0.1) is 0 Å². The Morgan fingerprint density at radius 3 is 2.85 bits per heavy atom. The van der Waals surface area contributed by atoms with Crippen LogP contribution < -0.4 is 19.7 Å². The molecule has 27 heavy (non-hydrogen) atoms. The highest BCUT2D eigenvalue weighted by Gasteiger charge is 2.24. The predicted molar refractivity (Wildman–Crippen MR) is 99.5 cm³/mol. The number of fused-ring (bicyclic) bond motifs is 2. The van der Waals surface area contributed by atoms with E-state index in [1.165, 1.54) is 0 Å². The number of ether oxygens (including phenoxy) is 3. The second kappa shape index (κ2) is 7.28. The Hall–Kier alpha value is -3.06. The lowest BCUT2D eigenvalue weighted by molar-refractivity contribution is -0.119. The molecule has 0 saturated carbocycles. The highest BCUT2D eigenvalue weighted by molar-refractivity contribution is 6.05. The van der Waals surface area contributed by atoms with Crippen LogP contribution in [0, 0.1) is 0 Å². The number of carbonyl (C=O) groups is 2. The normalized spacial score (nSPS) is 14.9. The zero-order valence-corrected chi connectivity index (χ0v) is 15.0. The third-order valence-corrected chi connectivity index (χ3v) is 4.69. The highest BCUT2D eigenvalue weighted by atomic mass is 16.7. The zero-order chi connectivity index (χ0) is 18.8. The van der Waals surface area contributed by atoms with Crippen molar-refractivity contribution in [3.63, 3.8) is 0 Å². The van der Waals surface area contributed by atoms with E-state index in [4.69, 9.17) is 14.2 Å². The number of anilines is 2. The fourth-order valence-corrected chi connectivity index (χ4v) is 3.31. The van der Waals surface area contributed by atoms with E-state index in [1.54, 1.807) is 30.2 Å². The lowest BCUT2D eigenvalue weighted by Gasteiger charge is -2.29. The largest absolute Gasteiger partial charge is 0.454 e. The summed E-state index contributed by atoms with van der Waals surface area (Å²) >= 11 is 0. The monoisotopic (exact) mass is 368 g/mol. The summed E-state index contributed by atoms with van der Waals surface area (Å²) in [6.45, 7) is 1.17. The maximum atomic E-state index is 12.6. The number of nitrogens with zero attached hydrogens (tertiary/aromatic N) is 1. The highest BCUT2D eigenvalue weighted by Crippen LogP contribution is 2.33. The lowest BCUT2D eigenvalue weighted by Crippen LogP contribution is -2.37. The van der Waals surface area contributed by atoms with Gasteiger partial charge in [-0.1, -0.05) is 0 Å². The molecule has 0 bridgehead atoms. The van der Waals surface area contributed by atoms with Crippen molar-refractivity contribution in [2.45, 2.75) is 12.8 Å². The summed E-state index contributed by atoms with van der Waals surface area (Å²) in [5.41, 5.74) is 3.10. The molecule has 2 amide bonds. The van der Waals surface area contributed by atoms with Gasteiger partial charge in [0.1, 0.15) is 0 Å². The molecule has 0 atom stereocenters. The summed E-state index contributed by atoms with van der Waals surface area (Å²) in [5.74, 6) is 1.08. The third kappa shape index (κ3) is 3.46. The van der Waals surface area contributed by atoms with E-state index in [1.807, 2.05) is 18.2 Å². The average molecular weight is 368 g/mol. The number of rotatable bonds is 5. The Labute approximate surface area is 156 Å². The molecule has 0 spiro atoms. The fraction of sp³-hybridized carbons (Fsp3) is 0.300. The number of nitrogens with one attached hydrogen (secondary N) is 1. The SMILES string of the molecule is COCCN1C(=O)CCc2cc(NC(=O)c3ccc4c(c3)OCO4)ccc21. The van der Waals surface area contributed by atoms with E-state index in [0.29, 0.717) is 48.7 Å². The molecule has 7 nitrogen and oxygen atoms in total. The average Bonchev–Trinajstić information content (AvgIpc) is 3.15. The standard InChI is InChI=1S/C20H20N2O5/c1-25-9-8-22-16-5-4-15(10-13(16)3-7-19(22)23)21-20(24)14-2-6-17-18(11-14)27-12-26-17/h2,4-6,10-11H,3,7-9,12H2,1H3,(H,21,24). The molecule has 0 radical (unpaired) electrons. The van der Waals surface area contributed by atoms with Gasteiger partial charge in [0.15, 0.2) is 11.5 Å². The van der Waals surface area contributed by atoms with E-state index in [-0.39, 0.29) is 18.6 Å². The first-order chi connectivity index (χ1) is 13.2. The Bertz CT molecular complexity index is 896. The molecule has 0 unspecified atom stereocenters. The fourth-order valence-electron chi connectivity index (χ4n) is 3.31. The molecule has 2 heterocycles. The Morgan fingerprint density at radius 1 is 1.15 bits per heavy atom. The van der Waals surface area contributed by atoms with Crippen LogP contribution in [0.2, 0.25) is 0 Å². The number of hydrogen-bond donors (Lipinski definition) is 1. The van der Waals surface area contributed by atoms with Crippen molar-refractivity contribution in [3.8, 4) is 11.5 Å². The van der Waals surface area contributed by atoms with Crippen molar-refractivity contribution in [2.24, 2.45) is 0 Å². The molecular formula is C20H20N2O5. The maximum Gasteiger partial charge on any atom is 0.255 e. The van der Waals surface area contributed by atoms with Crippen LogP contribution in [0.25, 0.3) is 0 Å². The van der Waals surface area contributed by atoms with Gasteiger partial charge in [0.25, 0.3) is 5.91 Å². The van der Waals surface area contributed by atoms with Crippen LogP contribution in [-0.4, -0.2) is 38.9 Å². The summed E-state index contributed by atoms with van der Waals surface area (Å²) < 4.78 is 15.7. The molecule has 4 rings (SSSR count). The van der Waals surface area contributed by atoms with Gasteiger partial charge in [-0.05, 0) is 48.4 Å². The molecule has 0 aromatic heterocycles. The van der Waals surface area contributed by atoms with Crippen molar-refractivity contribution in [2.75, 3.05) is 37.3 Å². The van der Waals surface area contributed by atoms with Crippen molar-refractivity contribution in [3.05, 3.63) is 47.5 Å². The number of carbonyl (C=O) groups excluding carboxylic acids is 2. The smallest absolute Gasteiger partial charge is 0.255 e. The van der Waals surface area contributed by atoms with Gasteiger partial charge in [-0.25, -0.2) is 0 Å². The van der Waals surface area contributed by atoms with Crippen molar-refractivity contribution < 1.29 is 23.8 Å². The Balaban J connectivity index is 1.52. The molecule has 2 aromatic carbocycles. The van der Waals surface area contributed by atoms with E-state index < -0.39 is 0 Å². The van der Waals surface area contributed by atoms with Crippen LogP contribution in [0.3, 0.4) is 0 Å². The van der Waals surface area contributed by atoms with E-state index >= 15 is 0 Å². The predicted octanol–water partition coefficient (Wildman–Crippen LogP) is 2.59. The lowest BCUT2D eigenvalue weighted by atomic mass is 10.0. The molecule has 2 aliphatic rings. The number of methoxy groups -OCH3 is 1. The number of benzene rings is 2. The first-order valence-electron chi connectivity index (χ1n) is 8.79. The molecule has 1 N–H and O–H groups in total. The number of hydrogen-bond acceptors (Lipinski definition) is 5. The number of aryl methyl sites for hydroxylation is 1. The van der Waals surface area contributed by atoms with Gasteiger partial charge in [-0.3, -0.25) is 9.59 Å². The summed E-state index contributed by atoms with van der Waals surface area (Å²) in [4.78, 5) is 26.5. The second-order valence-corrected chi connectivity index (χ2v) is 6.40. The van der Waals surface area contributed by atoms with Gasteiger partial charge < -0.3 is 24.4 Å². The van der Waals surface area contributed by atoms with Gasteiger partial charge >= 0.3 is 0 Å².